The van der Waals surface area contributed by atoms with Gasteiger partial charge in [0.2, 0.25) is 20.0 Å². The zero-order valence-electron chi connectivity index (χ0n) is 48.4. The third-order valence-corrected chi connectivity index (χ3v) is 19.5. The van der Waals surface area contributed by atoms with E-state index in [2.05, 4.69) is 28.1 Å². The van der Waals surface area contributed by atoms with Gasteiger partial charge in [0.1, 0.15) is 34.0 Å². The van der Waals surface area contributed by atoms with Crippen molar-refractivity contribution in [1.29, 1.82) is 0 Å². The second-order valence-corrected chi connectivity index (χ2v) is 27.8. The fourth-order valence-corrected chi connectivity index (χ4v) is 14.3. The van der Waals surface area contributed by atoms with Gasteiger partial charge in [-0.2, -0.15) is 0 Å². The molecule has 8 rings (SSSR count). The van der Waals surface area contributed by atoms with Crippen LogP contribution in [0.3, 0.4) is 0 Å². The number of piperidine rings is 2. The summed E-state index contributed by atoms with van der Waals surface area (Å²) in [4.78, 5) is 63.9. The molecule has 0 bridgehead atoms. The Labute approximate surface area is 471 Å². The van der Waals surface area contributed by atoms with Crippen molar-refractivity contribution < 1.29 is 50.6 Å². The van der Waals surface area contributed by atoms with Crippen LogP contribution in [-0.2, 0) is 52.0 Å². The Kier molecular flexibility index (Phi) is 21.1. The predicted molar refractivity (Wildman–Crippen MR) is 312 cm³/mol. The molecule has 1 unspecified atom stereocenters. The maximum atomic E-state index is 13.4. The standard InChI is InChI=1S/C32H49N5O7S.C23H34N4O3S.CH4O.CH4/c1-21-19-23(35(9)28(39)43-30(3,4)5)20-22(2)24(21)12-18-45(41,42)36-16-13-32(14-17-36)27(38)33-26(34-32)25-11-10-15-37(25)29(40)44-31(6,7)8;1-16-14-19(24-3)15-17(2)20(16)8-13-31(29,30)27-11-9-23(10-12-27)22(28)25-21(26-23)18-6-4-5-7-18;1-2;/h19-20,25H,10-18H2,1-9H3,(H,33,34,38);14-15,18,24H,4-13H2,1-3H3,(H,25,26,28);2H,1H3;1H4. The van der Waals surface area contributed by atoms with Crippen molar-refractivity contribution in [2.45, 2.75) is 182 Å². The number of benzene rings is 2. The number of aliphatic hydroxyl groups excluding tert-OH is 1. The van der Waals surface area contributed by atoms with E-state index in [1.54, 1.807) is 16.3 Å². The number of aliphatic imine (C=N–C) groups is 2. The number of hydrogen-bond acceptors (Lipinski definition) is 14. The molecular weight excluding hydrogens is 1050 g/mol. The highest BCUT2D eigenvalue weighted by molar-refractivity contribution is 7.89. The first-order valence-electron chi connectivity index (χ1n) is 27.5. The van der Waals surface area contributed by atoms with Gasteiger partial charge in [-0.25, -0.2) is 35.0 Å². The van der Waals surface area contributed by atoms with E-state index in [9.17, 15) is 36.0 Å². The maximum Gasteiger partial charge on any atom is 0.414 e. The SMILES string of the molecule is C.CNc1cc(C)c(CCS(=O)(=O)N2CCC3(CC2)N=C(C2CCCC2)NC3=O)c(C)c1.CO.Cc1cc(N(C)C(=O)OC(C)(C)C)cc(C)c1CCS(=O)(=O)N1CCC2(CC1)N=C(C1CCCN1C(=O)OC(C)(C)C)NC2=O. The number of anilines is 2. The minimum atomic E-state index is -3.61. The van der Waals surface area contributed by atoms with Crippen LogP contribution in [0.2, 0.25) is 0 Å². The summed E-state index contributed by atoms with van der Waals surface area (Å²) < 4.78 is 67.0. The summed E-state index contributed by atoms with van der Waals surface area (Å²) in [6, 6.07) is 7.47. The number of aryl methyl sites for hydroxylation is 4. The van der Waals surface area contributed by atoms with Crippen molar-refractivity contribution in [2.24, 2.45) is 15.9 Å². The van der Waals surface area contributed by atoms with Crippen LogP contribution in [0, 0.1) is 33.6 Å². The number of ether oxygens (including phenoxy) is 2. The molecule has 5 heterocycles. The summed E-state index contributed by atoms with van der Waals surface area (Å²) in [5.41, 5.74) is 4.67. The second-order valence-electron chi connectivity index (χ2n) is 23.6. The van der Waals surface area contributed by atoms with E-state index in [1.165, 1.54) is 22.0 Å². The fourth-order valence-electron chi connectivity index (χ4n) is 11.4. The molecule has 4 amide bonds. The number of carbonyl (C=O) groups is 4. The molecule has 2 spiro atoms. The number of aliphatic hydroxyl groups is 1. The Morgan fingerprint density at radius 1 is 0.684 bits per heavy atom. The summed E-state index contributed by atoms with van der Waals surface area (Å²) in [5, 5.41) is 16.1. The molecule has 22 heteroatoms. The van der Waals surface area contributed by atoms with Gasteiger partial charge < -0.3 is 30.5 Å². The first-order chi connectivity index (χ1) is 36.4. The number of hydrogen-bond donors (Lipinski definition) is 4. The van der Waals surface area contributed by atoms with Crippen molar-refractivity contribution in [1.82, 2.24) is 24.1 Å². The normalized spacial score (nSPS) is 20.5. The number of rotatable bonds is 12. The van der Waals surface area contributed by atoms with Crippen molar-refractivity contribution in [2.75, 3.05) is 75.7 Å². The number of likely N-dealkylation sites (tertiary alicyclic amines) is 1. The molecule has 3 saturated heterocycles. The number of sulfonamides is 2. The number of nitrogens with zero attached hydrogens (tertiary/aromatic N) is 6. The molecule has 2 aromatic rings. The molecule has 0 radical (unpaired) electrons. The summed E-state index contributed by atoms with van der Waals surface area (Å²) in [6.07, 6.45) is 7.39. The highest BCUT2D eigenvalue weighted by atomic mass is 32.2. The van der Waals surface area contributed by atoms with E-state index in [0.29, 0.717) is 69.2 Å². The summed E-state index contributed by atoms with van der Waals surface area (Å²) in [7, 11) is -2.46. The van der Waals surface area contributed by atoms with E-state index in [1.807, 2.05) is 88.4 Å². The molecule has 1 atom stereocenters. The van der Waals surface area contributed by atoms with Gasteiger partial charge in [0, 0.05) is 71.2 Å². The van der Waals surface area contributed by atoms with Crippen LogP contribution >= 0.6 is 0 Å². The Morgan fingerprint density at radius 2 is 1.10 bits per heavy atom. The average Bonchev–Trinajstić information content (AvgIpc) is 4.20. The number of carbonyl (C=O) groups excluding carboxylic acids is 4. The lowest BCUT2D eigenvalue weighted by Gasteiger charge is -2.34. The van der Waals surface area contributed by atoms with Crippen molar-refractivity contribution in [3.8, 4) is 0 Å². The van der Waals surface area contributed by atoms with Gasteiger partial charge in [-0.15, -0.1) is 0 Å². The summed E-state index contributed by atoms with van der Waals surface area (Å²) in [5.74, 6) is 1.41. The molecule has 1 aliphatic carbocycles. The van der Waals surface area contributed by atoms with Crippen LogP contribution < -0.4 is 20.9 Å². The van der Waals surface area contributed by atoms with E-state index < -0.39 is 54.5 Å². The van der Waals surface area contributed by atoms with Crippen LogP contribution in [0.4, 0.5) is 21.0 Å². The molecule has 4 N–H and O–H groups in total. The predicted octanol–water partition coefficient (Wildman–Crippen LogP) is 7.32. The van der Waals surface area contributed by atoms with Gasteiger partial charge in [0.25, 0.3) is 11.8 Å². The molecule has 4 fully saturated rings. The van der Waals surface area contributed by atoms with Crippen LogP contribution in [0.25, 0.3) is 0 Å². The first kappa shape index (κ1) is 64.7. The lowest BCUT2D eigenvalue weighted by Crippen LogP contribution is -2.51. The quantitative estimate of drug-likeness (QED) is 0.163. The molecular formula is C57H91N9O11S2. The van der Waals surface area contributed by atoms with Crippen molar-refractivity contribution >= 4 is 67.1 Å². The monoisotopic (exact) mass is 1140 g/mol. The number of amidine groups is 2. The maximum absolute atomic E-state index is 13.4. The average molecular weight is 1140 g/mol. The summed E-state index contributed by atoms with van der Waals surface area (Å²) in [6.45, 7) is 20.4. The Bertz CT molecular complexity index is 2790. The van der Waals surface area contributed by atoms with E-state index in [-0.39, 0.29) is 62.7 Å². The van der Waals surface area contributed by atoms with Gasteiger partial charge >= 0.3 is 12.2 Å². The van der Waals surface area contributed by atoms with Crippen LogP contribution in [0.15, 0.2) is 34.3 Å². The van der Waals surface area contributed by atoms with Gasteiger partial charge in [-0.3, -0.25) is 29.4 Å². The lowest BCUT2D eigenvalue weighted by molar-refractivity contribution is -0.125. The van der Waals surface area contributed by atoms with Gasteiger partial charge in [0.15, 0.2) is 0 Å². The molecule has 1 saturated carbocycles. The summed E-state index contributed by atoms with van der Waals surface area (Å²) >= 11 is 0. The minimum Gasteiger partial charge on any atom is -0.444 e. The van der Waals surface area contributed by atoms with Crippen LogP contribution in [0.5, 0.6) is 0 Å². The topological polar surface area (TPSA) is 249 Å². The molecule has 2 aromatic carbocycles. The molecule has 20 nitrogen and oxygen atoms in total. The highest BCUT2D eigenvalue weighted by Crippen LogP contribution is 2.37. The number of nitrogens with one attached hydrogen (secondary N) is 3. The molecule has 442 valence electrons. The minimum absolute atomic E-state index is 0. The van der Waals surface area contributed by atoms with Crippen molar-refractivity contribution in [3.63, 3.8) is 0 Å². The number of amides is 4. The Balaban J connectivity index is 0.000000295. The van der Waals surface area contributed by atoms with E-state index in [4.69, 9.17) is 24.6 Å². The smallest absolute Gasteiger partial charge is 0.414 e. The Morgan fingerprint density at radius 3 is 1.53 bits per heavy atom. The van der Waals surface area contributed by atoms with Gasteiger partial charge in [-0.1, -0.05) is 20.3 Å². The zero-order valence-corrected chi connectivity index (χ0v) is 50.1. The second kappa shape index (κ2) is 25.7. The van der Waals surface area contributed by atoms with Crippen LogP contribution in [-0.4, -0.2) is 165 Å². The largest absolute Gasteiger partial charge is 0.444 e. The van der Waals surface area contributed by atoms with Gasteiger partial charge in [0.05, 0.1) is 17.5 Å². The Hall–Kier alpha value is -5.16. The third kappa shape index (κ3) is 15.4. The molecule has 6 aliphatic rings. The fraction of sp³-hybridized carbons (Fsp3) is 0.684. The van der Waals surface area contributed by atoms with E-state index in [0.717, 1.165) is 71.3 Å². The molecule has 79 heavy (non-hydrogen) atoms. The molecule has 5 aliphatic heterocycles. The van der Waals surface area contributed by atoms with Crippen molar-refractivity contribution in [3.05, 3.63) is 57.6 Å². The van der Waals surface area contributed by atoms with E-state index >= 15 is 0 Å². The lowest BCUT2D eigenvalue weighted by atomic mass is 9.89. The highest BCUT2D eigenvalue weighted by Gasteiger charge is 2.51. The molecule has 0 aromatic heterocycles. The zero-order chi connectivity index (χ0) is 57.8. The third-order valence-electron chi connectivity index (χ3n) is 15.8. The van der Waals surface area contributed by atoms with Crippen LogP contribution in [0.1, 0.15) is 147 Å². The first-order valence-corrected chi connectivity index (χ1v) is 30.7. The van der Waals surface area contributed by atoms with Gasteiger partial charge in [-0.05, 0) is 191 Å².